The van der Waals surface area contributed by atoms with Crippen molar-refractivity contribution < 1.29 is 28.8 Å². The fourth-order valence-corrected chi connectivity index (χ4v) is 0.610. The van der Waals surface area contributed by atoms with Crippen molar-refractivity contribution in [1.29, 1.82) is 0 Å². The molecule has 1 N–H and O–H groups in total. The summed E-state index contributed by atoms with van der Waals surface area (Å²) in [7, 11) is 0. The van der Waals surface area contributed by atoms with Gasteiger partial charge in [0.05, 0.1) is 0 Å². The molecule has 0 aliphatic rings. The van der Waals surface area contributed by atoms with Crippen molar-refractivity contribution in [3.05, 3.63) is 11.1 Å². The van der Waals surface area contributed by atoms with Crippen molar-refractivity contribution in [1.82, 2.24) is 9.59 Å². The Labute approximate surface area is 67.2 Å². The predicted octanol–water partition coefficient (Wildman–Crippen LogP) is -2.96. The molecule has 0 radical (unpaired) electrons. The predicted molar refractivity (Wildman–Crippen MR) is 25.7 cm³/mol. The van der Waals surface area contributed by atoms with Crippen molar-refractivity contribution in [3.8, 4) is 0 Å². The van der Waals surface area contributed by atoms with E-state index in [1.807, 2.05) is 0 Å². The number of carboxylic acid groups (broad SMARTS) is 1. The zero-order valence-electron chi connectivity index (χ0n) is 4.66. The zero-order chi connectivity index (χ0) is 5.98. The van der Waals surface area contributed by atoms with Crippen LogP contribution in [-0.4, -0.2) is 20.7 Å². The average molecular weight is 136 g/mol. The quantitative estimate of drug-likeness (QED) is 0.331. The molecule has 0 atom stereocenters. The van der Waals surface area contributed by atoms with Crippen LogP contribution < -0.4 is 18.9 Å². The topological polar surface area (TPSA) is 63.1 Å². The first-order valence-corrected chi connectivity index (χ1v) is 2.51. The minimum atomic E-state index is -1.08. The molecule has 0 aliphatic heterocycles. The maximum atomic E-state index is 9.93. The second kappa shape index (κ2) is 3.61. The average Bonchev–Trinajstić information content (AvgIpc) is 2.12. The third-order valence-corrected chi connectivity index (χ3v) is 0.974. The second-order valence-corrected chi connectivity index (χ2v) is 1.58. The monoisotopic (exact) mass is 136 g/mol. The first-order chi connectivity index (χ1) is 3.80. The van der Waals surface area contributed by atoms with Crippen LogP contribution in [0.25, 0.3) is 0 Å². The molecule has 0 amide bonds. The molecule has 0 fully saturated rings. The van der Waals surface area contributed by atoms with Gasteiger partial charge in [0.2, 0.25) is 0 Å². The summed E-state index contributed by atoms with van der Waals surface area (Å²) < 4.78 is 3.30. The summed E-state index contributed by atoms with van der Waals surface area (Å²) in [6.45, 7) is 0. The van der Waals surface area contributed by atoms with Crippen LogP contribution in [-0.2, 0) is 0 Å². The van der Waals surface area contributed by atoms with Gasteiger partial charge in [-0.1, -0.05) is 0 Å². The van der Waals surface area contributed by atoms with Gasteiger partial charge in [-0.25, -0.2) is 0 Å². The molecular formula is C3HLiN2O2S. The molecule has 6 heteroatoms. The van der Waals surface area contributed by atoms with E-state index < -0.39 is 5.97 Å². The van der Waals surface area contributed by atoms with Crippen LogP contribution in [0, 0.1) is 5.38 Å². The molecule has 42 valence electrons. The minimum Gasteiger partial charge on any atom is -0.561 e. The summed E-state index contributed by atoms with van der Waals surface area (Å²) in [5.74, 6) is -1.08. The van der Waals surface area contributed by atoms with E-state index in [1.54, 1.807) is 0 Å². The summed E-state index contributed by atoms with van der Waals surface area (Å²) in [6.07, 6.45) is 0. The van der Waals surface area contributed by atoms with Crippen LogP contribution >= 0.6 is 11.5 Å². The molecule has 1 rings (SSSR count). The summed E-state index contributed by atoms with van der Waals surface area (Å²) in [5, 5.41) is 13.7. The van der Waals surface area contributed by atoms with E-state index in [9.17, 15) is 4.79 Å². The molecule has 9 heavy (non-hydrogen) atoms. The Balaban J connectivity index is 0.000000640. The molecule has 0 spiro atoms. The summed E-state index contributed by atoms with van der Waals surface area (Å²) in [5.41, 5.74) is -0.116. The van der Waals surface area contributed by atoms with E-state index >= 15 is 0 Å². The van der Waals surface area contributed by atoms with Gasteiger partial charge in [-0.2, -0.15) is 5.10 Å². The standard InChI is InChI=1S/C3HN2O2S.Li/c6-3(7)2-1-8-5-4-2;/h(H,6,7);/q-1;+1. The Bertz CT molecular complexity index is 188. The number of aromatic carboxylic acids is 1. The number of rotatable bonds is 1. The van der Waals surface area contributed by atoms with E-state index in [-0.39, 0.29) is 24.6 Å². The van der Waals surface area contributed by atoms with Gasteiger partial charge in [-0.3, -0.25) is 0 Å². The van der Waals surface area contributed by atoms with Crippen LogP contribution in [0.1, 0.15) is 10.5 Å². The number of carboxylic acids is 1. The van der Waals surface area contributed by atoms with Crippen molar-refractivity contribution in [2.75, 3.05) is 0 Å². The van der Waals surface area contributed by atoms with E-state index in [0.717, 1.165) is 11.5 Å². The van der Waals surface area contributed by atoms with Crippen LogP contribution in [0.5, 0.6) is 0 Å². The molecule has 1 aromatic rings. The molecule has 0 saturated carbocycles. The molecule has 0 aliphatic carbocycles. The van der Waals surface area contributed by atoms with Gasteiger partial charge in [0.25, 0.3) is 0 Å². The smallest absolute Gasteiger partial charge is 0.561 e. The van der Waals surface area contributed by atoms with Gasteiger partial charge >= 0.3 is 18.9 Å². The largest absolute Gasteiger partial charge is 1.00 e. The third-order valence-electron chi connectivity index (χ3n) is 0.527. The van der Waals surface area contributed by atoms with Crippen LogP contribution in [0.4, 0.5) is 0 Å². The molecule has 1 aromatic heterocycles. The first-order valence-electron chi connectivity index (χ1n) is 1.74. The molecule has 0 aromatic carbocycles. The van der Waals surface area contributed by atoms with Gasteiger partial charge < -0.3 is 9.90 Å². The Kier molecular flexibility index (Phi) is 3.46. The second-order valence-electron chi connectivity index (χ2n) is 1.03. The van der Waals surface area contributed by atoms with Crippen LogP contribution in [0.15, 0.2) is 0 Å². The maximum absolute atomic E-state index is 9.93. The van der Waals surface area contributed by atoms with Crippen molar-refractivity contribution >= 4 is 17.5 Å². The Morgan fingerprint density at radius 3 is 2.67 bits per heavy atom. The SMILES string of the molecule is O=C(O)c1[c-]snn1.[Li+]. The maximum Gasteiger partial charge on any atom is 1.00 e. The third kappa shape index (κ3) is 2.14. The zero-order valence-corrected chi connectivity index (χ0v) is 5.47. The van der Waals surface area contributed by atoms with E-state index in [2.05, 4.69) is 15.0 Å². The molecule has 1 heterocycles. The first kappa shape index (κ1) is 8.63. The van der Waals surface area contributed by atoms with E-state index in [1.165, 1.54) is 0 Å². The number of hydrogen-bond donors (Lipinski definition) is 1. The summed E-state index contributed by atoms with van der Waals surface area (Å²) in [6, 6.07) is 0. The fraction of sp³-hybridized carbons (Fsp3) is 0. The van der Waals surface area contributed by atoms with E-state index in [4.69, 9.17) is 5.11 Å². The number of hydrogen-bond acceptors (Lipinski definition) is 4. The fourth-order valence-electron chi connectivity index (χ4n) is 0.232. The summed E-state index contributed by atoms with van der Waals surface area (Å²) >= 11 is 0.901. The van der Waals surface area contributed by atoms with Gasteiger partial charge in [-0.05, 0) is 0 Å². The van der Waals surface area contributed by atoms with Gasteiger partial charge in [-0.15, -0.1) is 21.4 Å². The Hall–Kier alpha value is -0.373. The number of aromatic nitrogens is 2. The molecule has 0 unspecified atom stereocenters. The molecular weight excluding hydrogens is 135 g/mol. The van der Waals surface area contributed by atoms with Crippen LogP contribution in [0.3, 0.4) is 0 Å². The van der Waals surface area contributed by atoms with Gasteiger partial charge in [0.15, 0.2) is 5.97 Å². The molecule has 0 saturated heterocycles. The van der Waals surface area contributed by atoms with Crippen LogP contribution in [0.2, 0.25) is 0 Å². The van der Waals surface area contributed by atoms with Gasteiger partial charge in [0.1, 0.15) is 0 Å². The minimum absolute atomic E-state index is 0. The number of carbonyl (C=O) groups is 1. The summed E-state index contributed by atoms with van der Waals surface area (Å²) in [4.78, 5) is 9.93. The van der Waals surface area contributed by atoms with Gasteiger partial charge in [0, 0.05) is 5.69 Å². The number of nitrogens with zero attached hydrogens (tertiary/aromatic N) is 2. The Morgan fingerprint density at radius 1 is 1.78 bits per heavy atom. The Morgan fingerprint density at radius 2 is 2.44 bits per heavy atom. The van der Waals surface area contributed by atoms with E-state index in [0.29, 0.717) is 0 Å². The van der Waals surface area contributed by atoms with Crippen molar-refractivity contribution in [2.45, 2.75) is 0 Å². The normalized spacial score (nSPS) is 8.00. The molecule has 0 bridgehead atoms. The van der Waals surface area contributed by atoms with Crippen molar-refractivity contribution in [2.24, 2.45) is 0 Å². The van der Waals surface area contributed by atoms with Crippen molar-refractivity contribution in [3.63, 3.8) is 0 Å². The molecule has 4 nitrogen and oxygen atoms in total.